The zero-order valence-electron chi connectivity index (χ0n) is 13.3. The Kier molecular flexibility index (Phi) is 6.00. The van der Waals surface area contributed by atoms with Crippen LogP contribution in [-0.2, 0) is 21.1 Å². The molecule has 24 heavy (non-hydrogen) atoms. The molecule has 1 amide bonds. The lowest BCUT2D eigenvalue weighted by atomic mass is 10.3. The number of halogens is 1. The summed E-state index contributed by atoms with van der Waals surface area (Å²) in [5.74, 6) is -1.24. The van der Waals surface area contributed by atoms with Crippen molar-refractivity contribution in [2.45, 2.75) is 43.3 Å². The Morgan fingerprint density at radius 1 is 1.29 bits per heavy atom. The lowest BCUT2D eigenvalue weighted by molar-refractivity contribution is -0.115. The number of carbonyl (C=O) groups excluding carboxylic acids is 1. The molecule has 0 bridgehead atoms. The first-order chi connectivity index (χ1) is 11.3. The molecule has 2 aromatic rings. The van der Waals surface area contributed by atoms with Crippen molar-refractivity contribution in [1.82, 2.24) is 10.2 Å². The van der Waals surface area contributed by atoms with Gasteiger partial charge in [-0.05, 0) is 37.6 Å². The van der Waals surface area contributed by atoms with Crippen LogP contribution in [0.2, 0.25) is 0 Å². The Hall–Kier alpha value is -1.87. The molecule has 6 nitrogen and oxygen atoms in total. The number of anilines is 1. The minimum Gasteiger partial charge on any atom is -0.299 e. The third kappa shape index (κ3) is 4.35. The van der Waals surface area contributed by atoms with Crippen molar-refractivity contribution in [3.8, 4) is 0 Å². The summed E-state index contributed by atoms with van der Waals surface area (Å²) in [7, 11) is -3.90. The number of aromatic nitrogens is 2. The van der Waals surface area contributed by atoms with Crippen LogP contribution < -0.4 is 5.32 Å². The number of benzene rings is 1. The van der Waals surface area contributed by atoms with Crippen LogP contribution in [0.15, 0.2) is 29.2 Å². The van der Waals surface area contributed by atoms with Crippen LogP contribution in [0.4, 0.5) is 9.52 Å². The highest BCUT2D eigenvalue weighted by Gasteiger charge is 2.30. The maximum Gasteiger partial charge on any atom is 0.244 e. The molecule has 2 rings (SSSR count). The number of nitrogens with zero attached hydrogens (tertiary/aromatic N) is 2. The fourth-order valence-corrected chi connectivity index (χ4v) is 3.96. The van der Waals surface area contributed by atoms with E-state index < -0.39 is 26.8 Å². The minimum absolute atomic E-state index is 0.104. The molecule has 0 aliphatic rings. The van der Waals surface area contributed by atoms with E-state index >= 15 is 0 Å². The van der Waals surface area contributed by atoms with Crippen LogP contribution >= 0.6 is 11.3 Å². The number of hydrogen-bond donors (Lipinski definition) is 1. The van der Waals surface area contributed by atoms with Gasteiger partial charge in [0, 0.05) is 6.42 Å². The molecule has 1 heterocycles. The van der Waals surface area contributed by atoms with Gasteiger partial charge in [0.1, 0.15) is 16.1 Å². The van der Waals surface area contributed by atoms with E-state index in [0.717, 1.165) is 48.5 Å². The van der Waals surface area contributed by atoms with Gasteiger partial charge >= 0.3 is 0 Å². The quantitative estimate of drug-likeness (QED) is 0.756. The van der Waals surface area contributed by atoms with Gasteiger partial charge in [0.2, 0.25) is 11.0 Å². The molecule has 0 radical (unpaired) electrons. The molecule has 0 saturated heterocycles. The van der Waals surface area contributed by atoms with Crippen LogP contribution in [0.5, 0.6) is 0 Å². The second-order valence-corrected chi connectivity index (χ2v) is 8.57. The van der Waals surface area contributed by atoms with E-state index in [9.17, 15) is 17.6 Å². The molecule has 1 unspecified atom stereocenters. The van der Waals surface area contributed by atoms with Gasteiger partial charge in [-0.2, -0.15) is 0 Å². The van der Waals surface area contributed by atoms with Crippen molar-refractivity contribution in [2.24, 2.45) is 0 Å². The monoisotopic (exact) mass is 371 g/mol. The van der Waals surface area contributed by atoms with Crippen molar-refractivity contribution in [2.75, 3.05) is 5.32 Å². The van der Waals surface area contributed by atoms with Gasteiger partial charge in [-0.3, -0.25) is 10.1 Å². The van der Waals surface area contributed by atoms with Crippen molar-refractivity contribution in [3.05, 3.63) is 35.1 Å². The highest BCUT2D eigenvalue weighted by atomic mass is 32.2. The molecule has 0 aliphatic carbocycles. The summed E-state index contributed by atoms with van der Waals surface area (Å²) in [5.41, 5.74) is 0. The zero-order valence-corrected chi connectivity index (χ0v) is 15.0. The van der Waals surface area contributed by atoms with Gasteiger partial charge in [-0.1, -0.05) is 24.7 Å². The van der Waals surface area contributed by atoms with E-state index in [0.29, 0.717) is 0 Å². The first kappa shape index (κ1) is 18.5. The van der Waals surface area contributed by atoms with Gasteiger partial charge < -0.3 is 0 Å². The standard InChI is InChI=1S/C15H18FN3O3S2/c1-3-4-5-13-18-19-15(23-13)17-14(20)10(2)24(21,22)12-8-6-11(16)7-9-12/h6-10H,3-5H2,1-2H3,(H,17,19,20). The molecule has 9 heteroatoms. The second kappa shape index (κ2) is 7.80. The molecule has 1 atom stereocenters. The van der Waals surface area contributed by atoms with Gasteiger partial charge in [0.25, 0.3) is 0 Å². The Morgan fingerprint density at radius 2 is 1.96 bits per heavy atom. The summed E-state index contributed by atoms with van der Waals surface area (Å²) in [6.45, 7) is 3.35. The van der Waals surface area contributed by atoms with Crippen LogP contribution in [0.25, 0.3) is 0 Å². The lowest BCUT2D eigenvalue weighted by Gasteiger charge is -2.12. The molecule has 1 aromatic heterocycles. The summed E-state index contributed by atoms with van der Waals surface area (Å²) in [6.07, 6.45) is 2.76. The van der Waals surface area contributed by atoms with E-state index in [1.807, 2.05) is 0 Å². The van der Waals surface area contributed by atoms with E-state index in [-0.39, 0.29) is 10.0 Å². The molecular weight excluding hydrogens is 353 g/mol. The number of carbonyl (C=O) groups is 1. The zero-order chi connectivity index (χ0) is 17.7. The fourth-order valence-electron chi connectivity index (χ4n) is 1.91. The number of sulfone groups is 1. The smallest absolute Gasteiger partial charge is 0.244 e. The van der Waals surface area contributed by atoms with Crippen molar-refractivity contribution >= 4 is 32.2 Å². The second-order valence-electron chi connectivity index (χ2n) is 5.23. The van der Waals surface area contributed by atoms with Gasteiger partial charge in [0.15, 0.2) is 9.84 Å². The molecule has 0 saturated carbocycles. The Labute approximate surface area is 144 Å². The van der Waals surface area contributed by atoms with Crippen molar-refractivity contribution in [3.63, 3.8) is 0 Å². The summed E-state index contributed by atoms with van der Waals surface area (Å²) >= 11 is 1.23. The summed E-state index contributed by atoms with van der Waals surface area (Å²) < 4.78 is 37.7. The van der Waals surface area contributed by atoms with E-state index in [4.69, 9.17) is 0 Å². The van der Waals surface area contributed by atoms with Crippen molar-refractivity contribution < 1.29 is 17.6 Å². The molecule has 1 N–H and O–H groups in total. The third-order valence-electron chi connectivity index (χ3n) is 3.42. The molecule has 0 spiro atoms. The van der Waals surface area contributed by atoms with E-state index in [1.165, 1.54) is 18.3 Å². The molecule has 0 fully saturated rings. The van der Waals surface area contributed by atoms with Gasteiger partial charge in [-0.25, -0.2) is 12.8 Å². The largest absolute Gasteiger partial charge is 0.299 e. The molecular formula is C15H18FN3O3S2. The van der Waals surface area contributed by atoms with Crippen LogP contribution in [0.3, 0.4) is 0 Å². The predicted octanol–water partition coefficient (Wildman–Crippen LogP) is 2.82. The Balaban J connectivity index is 2.08. The summed E-state index contributed by atoms with van der Waals surface area (Å²) in [4.78, 5) is 12.1. The van der Waals surface area contributed by atoms with Crippen molar-refractivity contribution in [1.29, 1.82) is 0 Å². The first-order valence-electron chi connectivity index (χ1n) is 7.47. The number of unbranched alkanes of at least 4 members (excludes halogenated alkanes) is 1. The van der Waals surface area contributed by atoms with Gasteiger partial charge in [-0.15, -0.1) is 10.2 Å². The number of amides is 1. The Morgan fingerprint density at radius 3 is 2.58 bits per heavy atom. The maximum absolute atomic E-state index is 12.9. The number of aryl methyl sites for hydroxylation is 1. The maximum atomic E-state index is 12.9. The number of nitrogens with one attached hydrogen (secondary N) is 1. The SMILES string of the molecule is CCCCc1nnc(NC(=O)C(C)S(=O)(=O)c2ccc(F)cc2)s1. The Bertz CT molecular complexity index is 804. The van der Waals surface area contributed by atoms with Gasteiger partial charge in [0.05, 0.1) is 4.90 Å². The highest BCUT2D eigenvalue weighted by molar-refractivity contribution is 7.92. The number of rotatable bonds is 7. The molecule has 0 aliphatic heterocycles. The number of hydrogen-bond acceptors (Lipinski definition) is 6. The fraction of sp³-hybridized carbons (Fsp3) is 0.400. The normalized spacial score (nSPS) is 12.8. The van der Waals surface area contributed by atoms with Crippen LogP contribution in [0.1, 0.15) is 31.7 Å². The first-order valence-corrected chi connectivity index (χ1v) is 9.83. The summed E-state index contributed by atoms with van der Waals surface area (Å²) in [5, 5.41) is 10.0. The third-order valence-corrected chi connectivity index (χ3v) is 6.39. The van der Waals surface area contributed by atoms with Crippen LogP contribution in [-0.4, -0.2) is 29.8 Å². The predicted molar refractivity (Wildman–Crippen MR) is 90.2 cm³/mol. The molecule has 1 aromatic carbocycles. The summed E-state index contributed by atoms with van der Waals surface area (Å²) in [6, 6.07) is 4.37. The topological polar surface area (TPSA) is 89.0 Å². The minimum atomic E-state index is -3.90. The van der Waals surface area contributed by atoms with Crippen LogP contribution in [0, 0.1) is 5.82 Å². The highest BCUT2D eigenvalue weighted by Crippen LogP contribution is 2.20. The molecule has 130 valence electrons. The van der Waals surface area contributed by atoms with E-state index in [1.54, 1.807) is 0 Å². The average molecular weight is 371 g/mol. The van der Waals surface area contributed by atoms with E-state index in [2.05, 4.69) is 22.4 Å². The lowest BCUT2D eigenvalue weighted by Crippen LogP contribution is -2.32. The average Bonchev–Trinajstić information content (AvgIpc) is 2.99.